The van der Waals surface area contributed by atoms with Crippen LogP contribution < -0.4 is 14.4 Å². The molecule has 0 spiro atoms. The van der Waals surface area contributed by atoms with Gasteiger partial charge in [0.2, 0.25) is 5.91 Å². The lowest BCUT2D eigenvalue weighted by Gasteiger charge is -2.32. The van der Waals surface area contributed by atoms with Crippen LogP contribution in [0.5, 0.6) is 11.5 Å². The second-order valence-electron chi connectivity index (χ2n) is 10.5. The van der Waals surface area contributed by atoms with E-state index in [9.17, 15) is 9.59 Å². The molecule has 0 atom stereocenters. The molecule has 0 radical (unpaired) electrons. The van der Waals surface area contributed by atoms with Crippen LogP contribution in [0.4, 0.5) is 14.9 Å². The van der Waals surface area contributed by atoms with E-state index in [1.165, 1.54) is 11.0 Å². The standard InChI is InChI=1S/C29H35FN2O5/c1-19-16-31(28(34)37-29(2,3)4)15-14-21(19)18-36-25-12-11-24(30)27-23(25)10-13-26(33)32(27)17-20-6-8-22(35-5)9-7-20/h6-9,11-12H,10,13-18H2,1-5H3. The number of rotatable bonds is 6. The Kier molecular flexibility index (Phi) is 7.76. The van der Waals surface area contributed by atoms with Gasteiger partial charge in [-0.05, 0) is 75.9 Å². The summed E-state index contributed by atoms with van der Waals surface area (Å²) in [7, 11) is 1.60. The van der Waals surface area contributed by atoms with E-state index in [-0.39, 0.29) is 30.7 Å². The number of carbonyl (C=O) groups excluding carboxylic acids is 2. The van der Waals surface area contributed by atoms with Gasteiger partial charge in [-0.1, -0.05) is 17.7 Å². The first kappa shape index (κ1) is 26.5. The van der Waals surface area contributed by atoms with Gasteiger partial charge in [0.15, 0.2) is 0 Å². The predicted molar refractivity (Wildman–Crippen MR) is 140 cm³/mol. The highest BCUT2D eigenvalue weighted by molar-refractivity contribution is 5.97. The molecule has 198 valence electrons. The number of hydrogen-bond acceptors (Lipinski definition) is 5. The van der Waals surface area contributed by atoms with Crippen molar-refractivity contribution in [3.63, 3.8) is 0 Å². The molecule has 0 bridgehead atoms. The summed E-state index contributed by atoms with van der Waals surface area (Å²) in [6, 6.07) is 10.4. The van der Waals surface area contributed by atoms with E-state index in [1.807, 2.05) is 52.0 Å². The zero-order chi connectivity index (χ0) is 26.7. The first-order valence-corrected chi connectivity index (χ1v) is 12.6. The Hall–Kier alpha value is -3.55. The van der Waals surface area contributed by atoms with E-state index < -0.39 is 11.4 Å². The number of benzene rings is 2. The molecule has 2 aliphatic rings. The predicted octanol–water partition coefficient (Wildman–Crippen LogP) is 5.65. The molecule has 7 nitrogen and oxygen atoms in total. The molecule has 2 heterocycles. The molecule has 2 aliphatic heterocycles. The molecule has 37 heavy (non-hydrogen) atoms. The molecule has 0 fully saturated rings. The number of fused-ring (bicyclic) bond motifs is 1. The summed E-state index contributed by atoms with van der Waals surface area (Å²) in [6.07, 6.45) is 1.07. The van der Waals surface area contributed by atoms with E-state index in [4.69, 9.17) is 14.2 Å². The summed E-state index contributed by atoms with van der Waals surface area (Å²) in [6.45, 7) is 9.20. The zero-order valence-electron chi connectivity index (χ0n) is 22.2. The SMILES string of the molecule is COc1ccc(CN2C(=O)CCc3c(OCC4=C(C)CN(C(=O)OC(C)(C)C)CC4)ccc(F)c32)cc1. The van der Waals surface area contributed by atoms with Gasteiger partial charge in [-0.2, -0.15) is 0 Å². The molecule has 2 amide bonds. The van der Waals surface area contributed by atoms with E-state index in [0.717, 1.165) is 22.5 Å². The maximum Gasteiger partial charge on any atom is 0.410 e. The quantitative estimate of drug-likeness (QED) is 0.470. The van der Waals surface area contributed by atoms with Gasteiger partial charge in [0, 0.05) is 25.1 Å². The average Bonchev–Trinajstić information content (AvgIpc) is 2.85. The third-order valence-corrected chi connectivity index (χ3v) is 6.62. The van der Waals surface area contributed by atoms with E-state index in [0.29, 0.717) is 43.9 Å². The second-order valence-corrected chi connectivity index (χ2v) is 10.5. The highest BCUT2D eigenvalue weighted by Gasteiger charge is 2.31. The van der Waals surface area contributed by atoms with Gasteiger partial charge in [-0.25, -0.2) is 9.18 Å². The minimum absolute atomic E-state index is 0.118. The van der Waals surface area contributed by atoms with Crippen molar-refractivity contribution in [3.05, 3.63) is 64.5 Å². The molecule has 0 N–H and O–H groups in total. The van der Waals surface area contributed by atoms with Crippen molar-refractivity contribution < 1.29 is 28.2 Å². The van der Waals surface area contributed by atoms with Crippen molar-refractivity contribution in [2.75, 3.05) is 31.7 Å². The summed E-state index contributed by atoms with van der Waals surface area (Å²) in [5.74, 6) is 0.744. The molecule has 0 saturated carbocycles. The van der Waals surface area contributed by atoms with Crippen molar-refractivity contribution in [2.45, 2.75) is 59.1 Å². The van der Waals surface area contributed by atoms with Crippen molar-refractivity contribution in [1.29, 1.82) is 0 Å². The monoisotopic (exact) mass is 510 g/mol. The lowest BCUT2D eigenvalue weighted by atomic mass is 9.98. The number of anilines is 1. The van der Waals surface area contributed by atoms with Crippen LogP contribution in [0.1, 0.15) is 51.7 Å². The Bertz CT molecular complexity index is 1200. The third-order valence-electron chi connectivity index (χ3n) is 6.62. The van der Waals surface area contributed by atoms with Gasteiger partial charge >= 0.3 is 6.09 Å². The summed E-state index contributed by atoms with van der Waals surface area (Å²) < 4.78 is 32.0. The second kappa shape index (κ2) is 10.8. The molecule has 2 aromatic rings. The molecule has 0 aromatic heterocycles. The molecule has 0 saturated heterocycles. The topological polar surface area (TPSA) is 68.3 Å². The van der Waals surface area contributed by atoms with Crippen molar-refractivity contribution in [1.82, 2.24) is 4.90 Å². The van der Waals surface area contributed by atoms with E-state index in [1.54, 1.807) is 18.1 Å². The molecule has 4 rings (SSSR count). The van der Waals surface area contributed by atoms with Gasteiger partial charge in [0.25, 0.3) is 0 Å². The van der Waals surface area contributed by atoms with Crippen LogP contribution in [0.25, 0.3) is 0 Å². The normalized spacial score (nSPS) is 16.0. The van der Waals surface area contributed by atoms with Crippen LogP contribution in [0.3, 0.4) is 0 Å². The lowest BCUT2D eigenvalue weighted by molar-refractivity contribution is -0.119. The minimum atomic E-state index is -0.539. The summed E-state index contributed by atoms with van der Waals surface area (Å²) in [5, 5.41) is 0. The van der Waals surface area contributed by atoms with Crippen molar-refractivity contribution in [3.8, 4) is 11.5 Å². The Morgan fingerprint density at radius 2 is 1.78 bits per heavy atom. The van der Waals surface area contributed by atoms with Crippen LogP contribution in [0.2, 0.25) is 0 Å². The average molecular weight is 511 g/mol. The molecule has 0 unspecified atom stereocenters. The summed E-state index contributed by atoms with van der Waals surface area (Å²) in [5.41, 5.74) is 3.50. The smallest absolute Gasteiger partial charge is 0.410 e. The number of ether oxygens (including phenoxy) is 3. The Balaban J connectivity index is 1.49. The zero-order valence-corrected chi connectivity index (χ0v) is 22.2. The van der Waals surface area contributed by atoms with Crippen LogP contribution in [-0.4, -0.2) is 49.3 Å². The van der Waals surface area contributed by atoms with Crippen molar-refractivity contribution >= 4 is 17.7 Å². The van der Waals surface area contributed by atoms with Crippen LogP contribution in [-0.2, 0) is 22.5 Å². The van der Waals surface area contributed by atoms with Crippen LogP contribution >= 0.6 is 0 Å². The van der Waals surface area contributed by atoms with Gasteiger partial charge < -0.3 is 24.0 Å². The maximum absolute atomic E-state index is 15.1. The highest BCUT2D eigenvalue weighted by atomic mass is 19.1. The molecule has 2 aromatic carbocycles. The fraction of sp³-hybridized carbons (Fsp3) is 0.448. The first-order valence-electron chi connectivity index (χ1n) is 12.6. The number of amides is 2. The van der Waals surface area contributed by atoms with E-state index in [2.05, 4.69) is 0 Å². The number of methoxy groups -OCH3 is 1. The van der Waals surface area contributed by atoms with Crippen molar-refractivity contribution in [2.24, 2.45) is 0 Å². The van der Waals surface area contributed by atoms with Gasteiger partial charge in [-0.15, -0.1) is 0 Å². The summed E-state index contributed by atoms with van der Waals surface area (Å²) in [4.78, 5) is 28.5. The highest BCUT2D eigenvalue weighted by Crippen LogP contribution is 2.38. The van der Waals surface area contributed by atoms with E-state index >= 15 is 4.39 Å². The number of nitrogens with zero attached hydrogens (tertiary/aromatic N) is 2. The maximum atomic E-state index is 15.1. The first-order chi connectivity index (χ1) is 17.6. The molecule has 0 aliphatic carbocycles. The van der Waals surface area contributed by atoms with Crippen LogP contribution in [0, 0.1) is 5.82 Å². The number of hydrogen-bond donors (Lipinski definition) is 0. The Labute approximate surface area is 217 Å². The Morgan fingerprint density at radius 3 is 2.43 bits per heavy atom. The Morgan fingerprint density at radius 1 is 1.05 bits per heavy atom. The van der Waals surface area contributed by atoms with Gasteiger partial charge in [0.1, 0.15) is 29.5 Å². The molecular weight excluding hydrogens is 475 g/mol. The largest absolute Gasteiger partial charge is 0.497 e. The van der Waals surface area contributed by atoms with Gasteiger partial charge in [0.05, 0.1) is 19.3 Å². The van der Waals surface area contributed by atoms with Crippen LogP contribution in [0.15, 0.2) is 47.5 Å². The molecular formula is C29H35FN2O5. The van der Waals surface area contributed by atoms with Gasteiger partial charge in [-0.3, -0.25) is 4.79 Å². The minimum Gasteiger partial charge on any atom is -0.497 e. The molecule has 8 heteroatoms. The fourth-order valence-electron chi connectivity index (χ4n) is 4.63. The lowest BCUT2D eigenvalue weighted by Crippen LogP contribution is -2.41. The summed E-state index contributed by atoms with van der Waals surface area (Å²) >= 11 is 0. The number of halogens is 1. The third kappa shape index (κ3) is 6.24. The number of carbonyl (C=O) groups is 2. The fourth-order valence-corrected chi connectivity index (χ4v) is 4.63.